The summed E-state index contributed by atoms with van der Waals surface area (Å²) in [6.07, 6.45) is 0. The van der Waals surface area contributed by atoms with Gasteiger partial charge in [0.1, 0.15) is 0 Å². The van der Waals surface area contributed by atoms with Crippen LogP contribution in [0.1, 0.15) is 0 Å². The van der Waals surface area contributed by atoms with Gasteiger partial charge < -0.3 is 10.6 Å². The lowest BCUT2D eigenvalue weighted by Crippen LogP contribution is -2.15. The van der Waals surface area contributed by atoms with Gasteiger partial charge in [-0.15, -0.1) is 0 Å². The summed E-state index contributed by atoms with van der Waals surface area (Å²) in [7, 11) is 0. The lowest BCUT2D eigenvalue weighted by molar-refractivity contribution is 1.29. The smallest absolute Gasteiger partial charge is 0.297 e. The molecule has 5 heteroatoms. The van der Waals surface area contributed by atoms with Crippen LogP contribution in [0.25, 0.3) is 11.0 Å². The maximum atomic E-state index is 12.2. The molecule has 5 nitrogen and oxygen atoms in total. The Kier molecular flexibility index (Phi) is 2.20. The highest BCUT2D eigenvalue weighted by atomic mass is 16.1. The van der Waals surface area contributed by atoms with Gasteiger partial charge in [-0.2, -0.15) is 0 Å². The maximum Gasteiger partial charge on any atom is 0.297 e. The summed E-state index contributed by atoms with van der Waals surface area (Å²) in [4.78, 5) is 20.8. The number of hydrogen-bond donors (Lipinski definition) is 2. The van der Waals surface area contributed by atoms with Crippen molar-refractivity contribution >= 4 is 33.9 Å². The predicted molar refractivity (Wildman–Crippen MR) is 78.8 cm³/mol. The molecular weight excluding hydrogens is 252 g/mol. The van der Waals surface area contributed by atoms with Gasteiger partial charge in [0.25, 0.3) is 5.56 Å². The van der Waals surface area contributed by atoms with E-state index in [0.717, 1.165) is 11.4 Å². The minimum Gasteiger partial charge on any atom is -0.346 e. The van der Waals surface area contributed by atoms with Gasteiger partial charge in [-0.1, -0.05) is 24.3 Å². The van der Waals surface area contributed by atoms with Crippen molar-refractivity contribution in [2.24, 2.45) is 0 Å². The number of rotatable bonds is 0. The Labute approximate surface area is 114 Å². The summed E-state index contributed by atoms with van der Waals surface area (Å²) < 4.78 is 0. The Bertz CT molecular complexity index is 892. The van der Waals surface area contributed by atoms with Crippen LogP contribution in [0.4, 0.5) is 22.9 Å². The zero-order valence-electron chi connectivity index (χ0n) is 10.4. The number of aromatic nitrogens is 2. The number of nitrogens with one attached hydrogen (secondary N) is 2. The molecule has 0 spiro atoms. The van der Waals surface area contributed by atoms with Crippen LogP contribution >= 0.6 is 0 Å². The minimum absolute atomic E-state index is 0.323. The molecule has 0 amide bonds. The molecule has 0 unspecified atom stereocenters. The predicted octanol–water partition coefficient (Wildman–Crippen LogP) is 2.79. The molecule has 3 aromatic rings. The molecule has 1 aromatic heterocycles. The van der Waals surface area contributed by atoms with E-state index >= 15 is 0 Å². The number of nitrogens with zero attached hydrogens (tertiary/aromatic N) is 2. The quantitative estimate of drug-likeness (QED) is 0.510. The average molecular weight is 262 g/mol. The van der Waals surface area contributed by atoms with Gasteiger partial charge in [0, 0.05) is 0 Å². The molecule has 20 heavy (non-hydrogen) atoms. The van der Waals surface area contributed by atoms with Crippen LogP contribution in [-0.4, -0.2) is 9.97 Å². The van der Waals surface area contributed by atoms with E-state index in [2.05, 4.69) is 20.6 Å². The number of anilines is 4. The molecule has 0 radical (unpaired) electrons. The van der Waals surface area contributed by atoms with Crippen LogP contribution in [-0.2, 0) is 0 Å². The van der Waals surface area contributed by atoms with Crippen molar-refractivity contribution in [3.8, 4) is 0 Å². The van der Waals surface area contributed by atoms with Crippen molar-refractivity contribution in [1.82, 2.24) is 9.97 Å². The van der Waals surface area contributed by atoms with Gasteiger partial charge >= 0.3 is 0 Å². The van der Waals surface area contributed by atoms with Crippen molar-refractivity contribution in [1.29, 1.82) is 0 Å². The molecule has 2 heterocycles. The Morgan fingerprint density at radius 2 is 1.35 bits per heavy atom. The van der Waals surface area contributed by atoms with Crippen molar-refractivity contribution in [2.45, 2.75) is 0 Å². The SMILES string of the molecule is O=c1nc2ccccc2nc2c1Nc1ccccc1N2. The number of fused-ring (bicyclic) bond motifs is 3. The van der Waals surface area contributed by atoms with Gasteiger partial charge in [-0.25, -0.2) is 9.97 Å². The van der Waals surface area contributed by atoms with Crippen LogP contribution in [0.3, 0.4) is 0 Å². The van der Waals surface area contributed by atoms with Crippen LogP contribution in [0.2, 0.25) is 0 Å². The zero-order chi connectivity index (χ0) is 13.5. The monoisotopic (exact) mass is 262 g/mol. The first-order valence-electron chi connectivity index (χ1n) is 6.25. The van der Waals surface area contributed by atoms with Crippen molar-refractivity contribution in [3.63, 3.8) is 0 Å². The fourth-order valence-corrected chi connectivity index (χ4v) is 2.26. The minimum atomic E-state index is -0.323. The Morgan fingerprint density at radius 3 is 2.10 bits per heavy atom. The number of hydrogen-bond acceptors (Lipinski definition) is 5. The number of benzene rings is 2. The Hall–Kier alpha value is -2.95. The van der Waals surface area contributed by atoms with Crippen molar-refractivity contribution in [3.05, 3.63) is 58.9 Å². The maximum absolute atomic E-state index is 12.2. The standard InChI is InChI=1S/C15H10N4O/c20-15-13-14(17-10-6-2-1-5-9(10)16-13)18-11-7-3-4-8-12(11)19-15/h1-8,16-17H. The fourth-order valence-electron chi connectivity index (χ4n) is 2.26. The summed E-state index contributed by atoms with van der Waals surface area (Å²) in [5, 5.41) is 6.28. The van der Waals surface area contributed by atoms with E-state index in [0.29, 0.717) is 22.5 Å². The zero-order valence-corrected chi connectivity index (χ0v) is 10.4. The second-order valence-electron chi connectivity index (χ2n) is 4.54. The first-order valence-corrected chi connectivity index (χ1v) is 6.25. The summed E-state index contributed by atoms with van der Waals surface area (Å²) in [5.74, 6) is 0.502. The van der Waals surface area contributed by atoms with Gasteiger partial charge in [0.15, 0.2) is 11.5 Å². The largest absolute Gasteiger partial charge is 0.346 e. The molecule has 1 aliphatic heterocycles. The Balaban J connectivity index is 2.03. The fraction of sp³-hybridized carbons (Fsp3) is 0. The van der Waals surface area contributed by atoms with Crippen molar-refractivity contribution in [2.75, 3.05) is 10.6 Å². The van der Waals surface area contributed by atoms with Crippen LogP contribution in [0.15, 0.2) is 53.3 Å². The molecule has 96 valence electrons. The summed E-state index contributed by atoms with van der Waals surface area (Å²) in [6.45, 7) is 0. The lowest BCUT2D eigenvalue weighted by atomic mass is 10.2. The summed E-state index contributed by atoms with van der Waals surface area (Å²) in [6, 6.07) is 15.0. The third-order valence-corrected chi connectivity index (χ3v) is 3.23. The third kappa shape index (κ3) is 1.60. The molecule has 4 rings (SSSR count). The highest BCUT2D eigenvalue weighted by Gasteiger charge is 2.17. The van der Waals surface area contributed by atoms with Gasteiger partial charge in [0.05, 0.1) is 22.4 Å². The topological polar surface area (TPSA) is 66.9 Å². The normalized spacial score (nSPS) is 12.0. The molecule has 2 aromatic carbocycles. The third-order valence-electron chi connectivity index (χ3n) is 3.23. The van der Waals surface area contributed by atoms with Gasteiger partial charge in [-0.05, 0) is 24.3 Å². The van der Waals surface area contributed by atoms with Crippen LogP contribution < -0.4 is 16.2 Å². The first kappa shape index (κ1) is 10.9. The molecule has 0 atom stereocenters. The second kappa shape index (κ2) is 4.03. The summed E-state index contributed by atoms with van der Waals surface area (Å²) in [5.41, 5.74) is 3.05. The molecule has 0 aliphatic carbocycles. The highest BCUT2D eigenvalue weighted by Crippen LogP contribution is 2.34. The molecule has 0 bridgehead atoms. The number of para-hydroxylation sites is 4. The molecule has 0 fully saturated rings. The molecule has 1 aliphatic rings. The van der Waals surface area contributed by atoms with Crippen LogP contribution in [0.5, 0.6) is 0 Å². The molecular formula is C15H10N4O. The average Bonchev–Trinajstić information content (AvgIpc) is 2.61. The van der Waals surface area contributed by atoms with Gasteiger partial charge in [-0.3, -0.25) is 4.79 Å². The molecule has 2 N–H and O–H groups in total. The van der Waals surface area contributed by atoms with E-state index in [1.807, 2.05) is 42.5 Å². The highest BCUT2D eigenvalue weighted by molar-refractivity contribution is 5.89. The van der Waals surface area contributed by atoms with E-state index in [9.17, 15) is 4.79 Å². The lowest BCUT2D eigenvalue weighted by Gasteiger charge is -2.19. The Morgan fingerprint density at radius 1 is 0.750 bits per heavy atom. The molecule has 0 saturated carbocycles. The van der Waals surface area contributed by atoms with E-state index in [1.165, 1.54) is 0 Å². The van der Waals surface area contributed by atoms with Crippen molar-refractivity contribution < 1.29 is 0 Å². The van der Waals surface area contributed by atoms with Crippen LogP contribution in [0, 0.1) is 0 Å². The van der Waals surface area contributed by atoms with Gasteiger partial charge in [0.2, 0.25) is 0 Å². The first-order chi connectivity index (χ1) is 9.81. The van der Waals surface area contributed by atoms with E-state index < -0.39 is 0 Å². The summed E-state index contributed by atoms with van der Waals surface area (Å²) >= 11 is 0. The van der Waals surface area contributed by atoms with E-state index in [-0.39, 0.29) is 5.56 Å². The molecule has 0 saturated heterocycles. The van der Waals surface area contributed by atoms with E-state index in [4.69, 9.17) is 0 Å². The second-order valence-corrected chi connectivity index (χ2v) is 4.54. The van der Waals surface area contributed by atoms with E-state index in [1.54, 1.807) is 6.07 Å².